The van der Waals surface area contributed by atoms with Crippen LogP contribution in [0.1, 0.15) is 5.01 Å². The standard InChI is InChI=1S/C16H11N5S2/c1-3-7-12-10(5-1)18-15-19-20-16(21(12)15)22-9-14-17-11-6-2-4-8-13(11)23-14/h1-8H,9H2,(H,18,19). The van der Waals surface area contributed by atoms with E-state index in [9.17, 15) is 0 Å². The third kappa shape index (κ3) is 2.12. The summed E-state index contributed by atoms with van der Waals surface area (Å²) in [5, 5.41) is 9.41. The van der Waals surface area contributed by atoms with Crippen LogP contribution in [0.4, 0.5) is 0 Å². The molecule has 3 heterocycles. The van der Waals surface area contributed by atoms with Gasteiger partial charge in [-0.3, -0.25) is 4.40 Å². The van der Waals surface area contributed by atoms with Crippen molar-refractivity contribution < 1.29 is 0 Å². The third-order valence-corrected chi connectivity index (χ3v) is 5.84. The molecule has 3 aromatic heterocycles. The van der Waals surface area contributed by atoms with E-state index in [4.69, 9.17) is 0 Å². The summed E-state index contributed by atoms with van der Waals surface area (Å²) in [7, 11) is 0. The highest BCUT2D eigenvalue weighted by Gasteiger charge is 2.13. The van der Waals surface area contributed by atoms with Crippen molar-refractivity contribution in [3.8, 4) is 0 Å². The number of nitrogens with zero attached hydrogens (tertiary/aromatic N) is 4. The second-order valence-corrected chi connectivity index (χ2v) is 7.19. The predicted octanol–water partition coefficient (Wildman–Crippen LogP) is 4.11. The van der Waals surface area contributed by atoms with Gasteiger partial charge in [-0.05, 0) is 24.3 Å². The molecule has 23 heavy (non-hydrogen) atoms. The number of H-pyrrole nitrogens is 1. The molecule has 0 unspecified atom stereocenters. The van der Waals surface area contributed by atoms with Crippen LogP contribution in [0.5, 0.6) is 0 Å². The molecular weight excluding hydrogens is 326 g/mol. The number of rotatable bonds is 3. The van der Waals surface area contributed by atoms with E-state index in [-0.39, 0.29) is 0 Å². The number of imidazole rings is 1. The van der Waals surface area contributed by atoms with E-state index in [1.807, 2.05) is 30.3 Å². The van der Waals surface area contributed by atoms with E-state index in [1.165, 1.54) is 4.70 Å². The number of fused-ring (bicyclic) bond motifs is 4. The molecule has 0 saturated heterocycles. The first-order valence-corrected chi connectivity index (χ1v) is 8.97. The Morgan fingerprint density at radius 3 is 2.74 bits per heavy atom. The molecule has 0 aliphatic carbocycles. The Bertz CT molecular complexity index is 1100. The number of aromatic amines is 1. The molecule has 2 aromatic carbocycles. The minimum atomic E-state index is 0.776. The molecule has 0 bridgehead atoms. The van der Waals surface area contributed by atoms with Crippen molar-refractivity contribution in [2.45, 2.75) is 10.9 Å². The first-order chi connectivity index (χ1) is 11.4. The van der Waals surface area contributed by atoms with Crippen LogP contribution in [-0.4, -0.2) is 24.6 Å². The average molecular weight is 337 g/mol. The Hall–Kier alpha value is -2.38. The molecule has 0 aliphatic rings. The fraction of sp³-hybridized carbons (Fsp3) is 0.0625. The van der Waals surface area contributed by atoms with E-state index in [0.29, 0.717) is 0 Å². The van der Waals surface area contributed by atoms with Crippen LogP contribution >= 0.6 is 23.1 Å². The van der Waals surface area contributed by atoms with E-state index >= 15 is 0 Å². The van der Waals surface area contributed by atoms with Crippen molar-refractivity contribution in [1.82, 2.24) is 24.6 Å². The van der Waals surface area contributed by atoms with Gasteiger partial charge in [0.1, 0.15) is 5.01 Å². The fourth-order valence-corrected chi connectivity index (χ4v) is 4.56. The summed E-state index contributed by atoms with van der Waals surface area (Å²) in [5.41, 5.74) is 3.11. The molecule has 0 saturated carbocycles. The lowest BCUT2D eigenvalue weighted by atomic mass is 10.3. The van der Waals surface area contributed by atoms with Crippen LogP contribution in [0, 0.1) is 0 Å². The Morgan fingerprint density at radius 2 is 1.83 bits per heavy atom. The largest absolute Gasteiger partial charge is 0.254 e. The van der Waals surface area contributed by atoms with Gasteiger partial charge in [-0.2, -0.15) is 0 Å². The molecular formula is C16H11N5S2. The summed E-state index contributed by atoms with van der Waals surface area (Å²) >= 11 is 3.41. The molecule has 0 aliphatic heterocycles. The van der Waals surface area contributed by atoms with Crippen LogP contribution in [0.3, 0.4) is 0 Å². The Kier molecular flexibility index (Phi) is 2.89. The van der Waals surface area contributed by atoms with Crippen molar-refractivity contribution in [3.63, 3.8) is 0 Å². The second kappa shape index (κ2) is 5.07. The van der Waals surface area contributed by atoms with Gasteiger partial charge < -0.3 is 0 Å². The van der Waals surface area contributed by atoms with Gasteiger partial charge >= 0.3 is 0 Å². The van der Waals surface area contributed by atoms with E-state index < -0.39 is 0 Å². The zero-order chi connectivity index (χ0) is 15.2. The van der Waals surface area contributed by atoms with Crippen LogP contribution in [0.2, 0.25) is 0 Å². The minimum absolute atomic E-state index is 0.776. The number of hydrogen-bond acceptors (Lipinski definition) is 5. The van der Waals surface area contributed by atoms with E-state index in [2.05, 4.69) is 42.8 Å². The van der Waals surface area contributed by atoms with Gasteiger partial charge in [0.15, 0.2) is 5.16 Å². The second-order valence-electron chi connectivity index (χ2n) is 5.13. The number of benzene rings is 2. The van der Waals surface area contributed by atoms with E-state index in [1.54, 1.807) is 23.1 Å². The number of aromatic nitrogens is 5. The van der Waals surface area contributed by atoms with Crippen molar-refractivity contribution in [2.75, 3.05) is 0 Å². The number of para-hydroxylation sites is 3. The lowest BCUT2D eigenvalue weighted by Crippen LogP contribution is -1.86. The maximum atomic E-state index is 4.68. The molecule has 5 nitrogen and oxygen atoms in total. The Morgan fingerprint density at radius 1 is 1.00 bits per heavy atom. The molecule has 5 rings (SSSR count). The molecule has 0 amide bonds. The van der Waals surface area contributed by atoms with Crippen molar-refractivity contribution in [2.24, 2.45) is 0 Å². The van der Waals surface area contributed by atoms with Gasteiger partial charge in [-0.25, -0.2) is 15.1 Å². The average Bonchev–Trinajstić information content (AvgIpc) is 3.25. The third-order valence-electron chi connectivity index (χ3n) is 3.67. The van der Waals surface area contributed by atoms with Gasteiger partial charge in [-0.1, -0.05) is 36.0 Å². The van der Waals surface area contributed by atoms with Crippen LogP contribution in [-0.2, 0) is 5.75 Å². The van der Waals surface area contributed by atoms with Gasteiger partial charge in [0.2, 0.25) is 5.78 Å². The number of nitrogens with one attached hydrogen (secondary N) is 1. The minimum Gasteiger partial charge on any atom is -0.254 e. The molecule has 5 aromatic rings. The summed E-state index contributed by atoms with van der Waals surface area (Å²) in [6.45, 7) is 0. The molecule has 0 spiro atoms. The zero-order valence-corrected chi connectivity index (χ0v) is 13.6. The van der Waals surface area contributed by atoms with Crippen molar-refractivity contribution in [1.29, 1.82) is 0 Å². The van der Waals surface area contributed by atoms with Gasteiger partial charge in [-0.15, -0.1) is 16.4 Å². The van der Waals surface area contributed by atoms with Crippen molar-refractivity contribution in [3.05, 3.63) is 53.5 Å². The predicted molar refractivity (Wildman–Crippen MR) is 94.0 cm³/mol. The summed E-state index contributed by atoms with van der Waals surface area (Å²) in [4.78, 5) is 9.22. The molecule has 0 radical (unpaired) electrons. The summed E-state index contributed by atoms with van der Waals surface area (Å²) in [6.07, 6.45) is 0. The number of thioether (sulfide) groups is 1. The maximum absolute atomic E-state index is 4.68. The first-order valence-electron chi connectivity index (χ1n) is 7.17. The van der Waals surface area contributed by atoms with Crippen LogP contribution < -0.4 is 0 Å². The molecule has 7 heteroatoms. The molecule has 112 valence electrons. The van der Waals surface area contributed by atoms with Crippen LogP contribution in [0.25, 0.3) is 27.0 Å². The van der Waals surface area contributed by atoms with Crippen molar-refractivity contribution >= 4 is 50.1 Å². The molecule has 0 fully saturated rings. The SMILES string of the molecule is c1ccc2sc(CSc3n[nH]c4nc5ccccc5n34)nc2c1. The first kappa shape index (κ1) is 13.1. The Labute approximate surface area is 139 Å². The van der Waals surface area contributed by atoms with Gasteiger partial charge in [0.05, 0.1) is 27.0 Å². The lowest BCUT2D eigenvalue weighted by Gasteiger charge is -1.96. The monoisotopic (exact) mass is 337 g/mol. The summed E-state index contributed by atoms with van der Waals surface area (Å²) in [5.74, 6) is 1.57. The van der Waals surface area contributed by atoms with Crippen LogP contribution in [0.15, 0.2) is 53.7 Å². The maximum Gasteiger partial charge on any atom is 0.231 e. The lowest BCUT2D eigenvalue weighted by molar-refractivity contribution is 0.940. The normalized spacial score (nSPS) is 11.8. The number of hydrogen-bond donors (Lipinski definition) is 1. The summed E-state index contributed by atoms with van der Waals surface area (Å²) in [6, 6.07) is 16.3. The zero-order valence-electron chi connectivity index (χ0n) is 11.9. The smallest absolute Gasteiger partial charge is 0.231 e. The highest BCUT2D eigenvalue weighted by molar-refractivity contribution is 7.98. The fourth-order valence-electron chi connectivity index (χ4n) is 2.65. The van der Waals surface area contributed by atoms with Gasteiger partial charge in [0.25, 0.3) is 0 Å². The van der Waals surface area contributed by atoms with E-state index in [0.717, 1.165) is 38.2 Å². The molecule has 0 atom stereocenters. The topological polar surface area (TPSA) is 58.9 Å². The molecule has 1 N–H and O–H groups in total. The summed E-state index contributed by atoms with van der Waals surface area (Å²) < 4.78 is 3.29. The highest BCUT2D eigenvalue weighted by atomic mass is 32.2. The highest BCUT2D eigenvalue weighted by Crippen LogP contribution is 2.29. The quantitative estimate of drug-likeness (QED) is 0.503. The van der Waals surface area contributed by atoms with Gasteiger partial charge in [0, 0.05) is 0 Å². The Balaban J connectivity index is 1.51. The number of thiazole rings is 1.